The van der Waals surface area contributed by atoms with E-state index in [1.807, 2.05) is 4.72 Å². The summed E-state index contributed by atoms with van der Waals surface area (Å²) in [4.78, 5) is 13.9. The topological polar surface area (TPSA) is 96.4 Å². The number of hydrogen-bond acceptors (Lipinski definition) is 4. The second-order valence-corrected chi connectivity index (χ2v) is 5.35. The van der Waals surface area contributed by atoms with Crippen LogP contribution in [-0.2, 0) is 14.8 Å². The van der Waals surface area contributed by atoms with Crippen LogP contribution < -0.4 is 4.72 Å². The molecule has 1 aromatic rings. The lowest BCUT2D eigenvalue weighted by molar-refractivity contribution is -0.139. The maximum Gasteiger partial charge on any atom is 0.321 e. The van der Waals surface area contributed by atoms with Gasteiger partial charge in [-0.3, -0.25) is 9.78 Å². The lowest BCUT2D eigenvalue weighted by atomic mass is 10.2. The van der Waals surface area contributed by atoms with Gasteiger partial charge in [-0.25, -0.2) is 12.8 Å². The average molecular weight is 276 g/mol. The van der Waals surface area contributed by atoms with E-state index in [0.717, 1.165) is 18.5 Å². The highest BCUT2D eigenvalue weighted by Crippen LogP contribution is 2.10. The van der Waals surface area contributed by atoms with Gasteiger partial charge in [0, 0.05) is 6.20 Å². The number of sulfonamides is 1. The smallest absolute Gasteiger partial charge is 0.321 e. The van der Waals surface area contributed by atoms with Crippen LogP contribution in [0.5, 0.6) is 0 Å². The standard InChI is InChI=1S/C10H13FN2O4S/c1-2-3-9(10(14)15)13-18(16,17)8-4-7(11)5-12-6-8/h4-6,9,13H,2-3H2,1H3,(H,14,15)/t9-/m1/s1. The summed E-state index contributed by atoms with van der Waals surface area (Å²) in [5.74, 6) is -2.08. The lowest BCUT2D eigenvalue weighted by Crippen LogP contribution is -2.40. The van der Waals surface area contributed by atoms with Gasteiger partial charge in [-0.1, -0.05) is 13.3 Å². The van der Waals surface area contributed by atoms with E-state index in [9.17, 15) is 17.6 Å². The zero-order chi connectivity index (χ0) is 13.8. The first-order valence-electron chi connectivity index (χ1n) is 5.22. The Morgan fingerprint density at radius 1 is 1.56 bits per heavy atom. The number of nitrogens with one attached hydrogen (secondary N) is 1. The molecule has 0 fully saturated rings. The Bertz CT molecular complexity index is 532. The largest absolute Gasteiger partial charge is 0.480 e. The summed E-state index contributed by atoms with van der Waals surface area (Å²) >= 11 is 0. The quantitative estimate of drug-likeness (QED) is 0.799. The summed E-state index contributed by atoms with van der Waals surface area (Å²) in [5, 5.41) is 8.85. The average Bonchev–Trinajstić information content (AvgIpc) is 2.28. The van der Waals surface area contributed by atoms with Gasteiger partial charge in [0.25, 0.3) is 0 Å². The molecule has 0 unspecified atom stereocenters. The monoisotopic (exact) mass is 276 g/mol. The molecule has 0 saturated carbocycles. The lowest BCUT2D eigenvalue weighted by Gasteiger charge is -2.13. The van der Waals surface area contributed by atoms with Gasteiger partial charge in [0.05, 0.1) is 6.20 Å². The zero-order valence-electron chi connectivity index (χ0n) is 9.63. The summed E-state index contributed by atoms with van der Waals surface area (Å²) in [6.07, 6.45) is 2.47. The number of halogens is 1. The molecular formula is C10H13FN2O4S. The normalized spacial score (nSPS) is 13.2. The maximum atomic E-state index is 12.9. The minimum Gasteiger partial charge on any atom is -0.480 e. The molecule has 0 aliphatic heterocycles. The van der Waals surface area contributed by atoms with Crippen molar-refractivity contribution in [2.24, 2.45) is 0 Å². The summed E-state index contributed by atoms with van der Waals surface area (Å²) < 4.78 is 38.5. The summed E-state index contributed by atoms with van der Waals surface area (Å²) in [6.45, 7) is 1.73. The van der Waals surface area contributed by atoms with Crippen molar-refractivity contribution in [1.82, 2.24) is 9.71 Å². The van der Waals surface area contributed by atoms with Gasteiger partial charge in [-0.2, -0.15) is 4.72 Å². The number of carboxylic acid groups (broad SMARTS) is 1. The molecule has 0 aromatic carbocycles. The van der Waals surface area contributed by atoms with E-state index in [1.54, 1.807) is 6.92 Å². The summed E-state index contributed by atoms with van der Waals surface area (Å²) in [7, 11) is -4.08. The van der Waals surface area contributed by atoms with Crippen molar-refractivity contribution in [3.05, 3.63) is 24.3 Å². The molecule has 1 rings (SSSR count). The zero-order valence-corrected chi connectivity index (χ0v) is 10.4. The fourth-order valence-electron chi connectivity index (χ4n) is 1.32. The van der Waals surface area contributed by atoms with E-state index in [2.05, 4.69) is 4.98 Å². The van der Waals surface area contributed by atoms with Gasteiger partial charge in [0.15, 0.2) is 0 Å². The molecule has 100 valence electrons. The van der Waals surface area contributed by atoms with Crippen LogP contribution in [0.3, 0.4) is 0 Å². The highest BCUT2D eigenvalue weighted by molar-refractivity contribution is 7.89. The van der Waals surface area contributed by atoms with Gasteiger partial charge < -0.3 is 5.11 Å². The van der Waals surface area contributed by atoms with Crippen molar-refractivity contribution in [2.75, 3.05) is 0 Å². The van der Waals surface area contributed by atoms with Crippen molar-refractivity contribution in [1.29, 1.82) is 0 Å². The van der Waals surface area contributed by atoms with E-state index >= 15 is 0 Å². The molecule has 6 nitrogen and oxygen atoms in total. The molecule has 0 saturated heterocycles. The predicted octanol–water partition coefficient (Wildman–Crippen LogP) is 0.752. The number of carbonyl (C=O) groups is 1. The van der Waals surface area contributed by atoms with Gasteiger partial charge in [-0.05, 0) is 12.5 Å². The fourth-order valence-corrected chi connectivity index (χ4v) is 2.51. The van der Waals surface area contributed by atoms with Crippen molar-refractivity contribution in [2.45, 2.75) is 30.7 Å². The van der Waals surface area contributed by atoms with Crippen molar-refractivity contribution >= 4 is 16.0 Å². The van der Waals surface area contributed by atoms with Crippen LogP contribution in [-0.4, -0.2) is 30.5 Å². The Morgan fingerprint density at radius 3 is 2.72 bits per heavy atom. The van der Waals surface area contributed by atoms with E-state index in [1.165, 1.54) is 0 Å². The number of nitrogens with zero attached hydrogens (tertiary/aromatic N) is 1. The number of aromatic nitrogens is 1. The number of hydrogen-bond donors (Lipinski definition) is 2. The van der Waals surface area contributed by atoms with E-state index in [4.69, 9.17) is 5.11 Å². The Labute approximate surface area is 104 Å². The molecule has 2 N–H and O–H groups in total. The minimum absolute atomic E-state index is 0.150. The van der Waals surface area contributed by atoms with Crippen LogP contribution in [0, 0.1) is 5.82 Å². The summed E-state index contributed by atoms with van der Waals surface area (Å²) in [6, 6.07) is -0.455. The molecule has 18 heavy (non-hydrogen) atoms. The first kappa shape index (κ1) is 14.5. The molecule has 0 amide bonds. The van der Waals surface area contributed by atoms with Crippen LogP contribution in [0.15, 0.2) is 23.4 Å². The van der Waals surface area contributed by atoms with Gasteiger partial charge in [0.1, 0.15) is 16.8 Å². The van der Waals surface area contributed by atoms with Gasteiger partial charge in [-0.15, -0.1) is 0 Å². The Kier molecular flexibility index (Phi) is 4.74. The van der Waals surface area contributed by atoms with Crippen LogP contribution in [0.25, 0.3) is 0 Å². The Morgan fingerprint density at radius 2 is 2.22 bits per heavy atom. The third kappa shape index (κ3) is 3.74. The van der Waals surface area contributed by atoms with Crippen LogP contribution in [0.4, 0.5) is 4.39 Å². The number of pyridine rings is 1. The number of aliphatic carboxylic acids is 1. The van der Waals surface area contributed by atoms with Crippen LogP contribution in [0.1, 0.15) is 19.8 Å². The molecule has 0 bridgehead atoms. The fraction of sp³-hybridized carbons (Fsp3) is 0.400. The molecule has 1 aromatic heterocycles. The molecule has 1 atom stereocenters. The van der Waals surface area contributed by atoms with E-state index in [-0.39, 0.29) is 6.42 Å². The second-order valence-electron chi connectivity index (χ2n) is 3.64. The molecule has 8 heteroatoms. The molecule has 0 spiro atoms. The van der Waals surface area contributed by atoms with Crippen molar-refractivity contribution < 1.29 is 22.7 Å². The maximum absolute atomic E-state index is 12.9. The molecule has 0 radical (unpaired) electrons. The minimum atomic E-state index is -4.08. The Balaban J connectivity index is 2.97. The molecular weight excluding hydrogens is 263 g/mol. The van der Waals surface area contributed by atoms with Gasteiger partial charge >= 0.3 is 5.97 Å². The van der Waals surface area contributed by atoms with Gasteiger partial charge in [0.2, 0.25) is 10.0 Å². The van der Waals surface area contributed by atoms with Crippen molar-refractivity contribution in [3.8, 4) is 0 Å². The molecule has 1 heterocycles. The number of rotatable bonds is 6. The third-order valence-corrected chi connectivity index (χ3v) is 3.60. The molecule has 0 aliphatic carbocycles. The highest BCUT2D eigenvalue weighted by atomic mass is 32.2. The predicted molar refractivity (Wildman–Crippen MR) is 60.8 cm³/mol. The van der Waals surface area contributed by atoms with Crippen LogP contribution in [0.2, 0.25) is 0 Å². The SMILES string of the molecule is CCC[C@@H](NS(=O)(=O)c1cncc(F)c1)C(=O)O. The second kappa shape index (κ2) is 5.87. The highest BCUT2D eigenvalue weighted by Gasteiger charge is 2.25. The molecule has 0 aliphatic rings. The van der Waals surface area contributed by atoms with Crippen molar-refractivity contribution in [3.63, 3.8) is 0 Å². The third-order valence-electron chi connectivity index (χ3n) is 2.16. The Hall–Kier alpha value is -1.54. The van der Waals surface area contributed by atoms with E-state index < -0.39 is 32.7 Å². The first-order chi connectivity index (χ1) is 8.36. The summed E-state index contributed by atoms with van der Waals surface area (Å²) in [5.41, 5.74) is 0. The number of carboxylic acids is 1. The first-order valence-corrected chi connectivity index (χ1v) is 6.71. The van der Waals surface area contributed by atoms with Crippen LogP contribution >= 0.6 is 0 Å². The van der Waals surface area contributed by atoms with E-state index in [0.29, 0.717) is 6.42 Å².